The third-order valence-electron chi connectivity index (χ3n) is 3.48. The quantitative estimate of drug-likeness (QED) is 0.655. The number of aliphatic hydroxyl groups excluding tert-OH is 1. The van der Waals surface area contributed by atoms with Crippen LogP contribution in [0.2, 0.25) is 0 Å². The molecule has 0 radical (unpaired) electrons. The lowest BCUT2D eigenvalue weighted by Gasteiger charge is -2.36. The minimum atomic E-state index is 0.271. The van der Waals surface area contributed by atoms with Crippen LogP contribution in [-0.2, 0) is 0 Å². The summed E-state index contributed by atoms with van der Waals surface area (Å²) in [5.74, 6) is 0. The Morgan fingerprint density at radius 1 is 1.36 bits per heavy atom. The summed E-state index contributed by atoms with van der Waals surface area (Å²) in [6.07, 6.45) is 6.66. The first kappa shape index (κ1) is 10.4. The molecule has 1 unspecified atom stereocenters. The number of hydrogen-bond acceptors (Lipinski definition) is 3. The van der Waals surface area contributed by atoms with E-state index in [2.05, 4.69) is 17.3 Å². The van der Waals surface area contributed by atoms with E-state index in [1.54, 1.807) is 0 Å². The predicted molar refractivity (Wildman–Crippen MR) is 57.3 cm³/mol. The molecule has 0 bridgehead atoms. The molecule has 2 saturated carbocycles. The van der Waals surface area contributed by atoms with Gasteiger partial charge in [-0.1, -0.05) is 6.42 Å². The van der Waals surface area contributed by atoms with Gasteiger partial charge in [-0.3, -0.25) is 0 Å². The largest absolute Gasteiger partial charge is 0.395 e. The van der Waals surface area contributed by atoms with Crippen molar-refractivity contribution in [3.63, 3.8) is 0 Å². The Hall–Kier alpha value is -0.120. The zero-order valence-electron chi connectivity index (χ0n) is 9.08. The van der Waals surface area contributed by atoms with Crippen LogP contribution in [0.15, 0.2) is 0 Å². The number of hydrogen-bond donors (Lipinski definition) is 2. The van der Waals surface area contributed by atoms with Crippen molar-refractivity contribution >= 4 is 0 Å². The molecule has 0 aromatic rings. The first-order chi connectivity index (χ1) is 6.79. The number of nitrogens with one attached hydrogen (secondary N) is 1. The normalized spacial score (nSPS) is 25.1. The van der Waals surface area contributed by atoms with Gasteiger partial charge in [0.1, 0.15) is 0 Å². The third-order valence-corrected chi connectivity index (χ3v) is 3.48. The summed E-state index contributed by atoms with van der Waals surface area (Å²) in [4.78, 5) is 2.40. The lowest BCUT2D eigenvalue weighted by Crippen LogP contribution is -2.48. The summed E-state index contributed by atoms with van der Waals surface area (Å²) in [7, 11) is 2.18. The van der Waals surface area contributed by atoms with E-state index in [0.717, 1.165) is 12.6 Å². The molecule has 2 aliphatic rings. The molecule has 2 rings (SSSR count). The van der Waals surface area contributed by atoms with Crippen molar-refractivity contribution in [3.05, 3.63) is 0 Å². The molecule has 0 aliphatic heterocycles. The van der Waals surface area contributed by atoms with Crippen molar-refractivity contribution in [2.45, 2.75) is 50.2 Å². The van der Waals surface area contributed by atoms with Crippen LogP contribution in [0, 0.1) is 0 Å². The molecule has 0 heterocycles. The van der Waals surface area contributed by atoms with Crippen LogP contribution in [-0.4, -0.2) is 48.3 Å². The molecule has 3 nitrogen and oxygen atoms in total. The molecule has 0 aromatic carbocycles. The maximum Gasteiger partial charge on any atom is 0.0597 e. The van der Waals surface area contributed by atoms with Crippen LogP contribution >= 0.6 is 0 Å². The lowest BCUT2D eigenvalue weighted by atomic mass is 9.91. The van der Waals surface area contributed by atoms with Crippen LogP contribution in [0.4, 0.5) is 0 Å². The number of nitrogens with zero attached hydrogens (tertiary/aromatic N) is 1. The van der Waals surface area contributed by atoms with Crippen LogP contribution in [0.5, 0.6) is 0 Å². The van der Waals surface area contributed by atoms with Gasteiger partial charge in [-0.2, -0.15) is 0 Å². The van der Waals surface area contributed by atoms with E-state index in [4.69, 9.17) is 0 Å². The fourth-order valence-electron chi connectivity index (χ4n) is 2.07. The van der Waals surface area contributed by atoms with Gasteiger partial charge in [-0.05, 0) is 32.7 Å². The molecule has 2 fully saturated rings. The van der Waals surface area contributed by atoms with E-state index in [-0.39, 0.29) is 12.6 Å². The Labute approximate surface area is 86.5 Å². The highest BCUT2D eigenvalue weighted by Gasteiger charge is 2.27. The third kappa shape index (κ3) is 2.69. The Balaban J connectivity index is 1.68. The average Bonchev–Trinajstić information content (AvgIpc) is 2.83. The second-order valence-corrected chi connectivity index (χ2v) is 4.84. The summed E-state index contributed by atoms with van der Waals surface area (Å²) in [6, 6.07) is 1.76. The highest BCUT2D eigenvalue weighted by atomic mass is 16.3. The van der Waals surface area contributed by atoms with Gasteiger partial charge in [0.25, 0.3) is 0 Å². The van der Waals surface area contributed by atoms with Crippen LogP contribution in [0.25, 0.3) is 0 Å². The molecule has 82 valence electrons. The molecule has 3 heteroatoms. The Morgan fingerprint density at radius 3 is 2.50 bits per heavy atom. The predicted octanol–water partition coefficient (Wildman–Crippen LogP) is 0.584. The molecule has 2 aliphatic carbocycles. The average molecular weight is 198 g/mol. The first-order valence-corrected chi connectivity index (χ1v) is 5.86. The minimum Gasteiger partial charge on any atom is -0.395 e. The van der Waals surface area contributed by atoms with Crippen molar-refractivity contribution in [3.8, 4) is 0 Å². The van der Waals surface area contributed by atoms with Gasteiger partial charge in [0, 0.05) is 24.7 Å². The minimum absolute atomic E-state index is 0.271. The van der Waals surface area contributed by atoms with Crippen molar-refractivity contribution < 1.29 is 5.11 Å². The maximum absolute atomic E-state index is 9.23. The fraction of sp³-hybridized carbons (Fsp3) is 1.00. The topological polar surface area (TPSA) is 35.5 Å². The monoisotopic (exact) mass is 198 g/mol. The molecule has 14 heavy (non-hydrogen) atoms. The fourth-order valence-corrected chi connectivity index (χ4v) is 2.07. The van der Waals surface area contributed by atoms with Crippen LogP contribution in [0.1, 0.15) is 32.1 Å². The van der Waals surface area contributed by atoms with Gasteiger partial charge in [-0.15, -0.1) is 0 Å². The Morgan fingerprint density at radius 2 is 2.07 bits per heavy atom. The molecule has 0 aromatic heterocycles. The molecule has 0 saturated heterocycles. The summed E-state index contributed by atoms with van der Waals surface area (Å²) in [5, 5.41) is 12.7. The van der Waals surface area contributed by atoms with E-state index >= 15 is 0 Å². The second-order valence-electron chi connectivity index (χ2n) is 4.84. The van der Waals surface area contributed by atoms with Crippen molar-refractivity contribution in [1.29, 1.82) is 0 Å². The van der Waals surface area contributed by atoms with Gasteiger partial charge >= 0.3 is 0 Å². The SMILES string of the molecule is CN(CC(CO)NC1CC1)C1CCC1. The highest BCUT2D eigenvalue weighted by molar-refractivity contribution is 4.87. The van der Waals surface area contributed by atoms with E-state index in [9.17, 15) is 5.11 Å². The summed E-state index contributed by atoms with van der Waals surface area (Å²) in [6.45, 7) is 1.27. The molecule has 2 N–H and O–H groups in total. The van der Waals surface area contributed by atoms with Gasteiger partial charge < -0.3 is 15.3 Å². The second kappa shape index (κ2) is 4.60. The van der Waals surface area contributed by atoms with E-state index in [0.29, 0.717) is 6.04 Å². The van der Waals surface area contributed by atoms with Crippen LogP contribution < -0.4 is 5.32 Å². The standard InChI is InChI=1S/C11H22N2O/c1-13(11-3-2-4-11)7-10(8-14)12-9-5-6-9/h9-12,14H,2-8H2,1H3. The molecule has 1 atom stereocenters. The van der Waals surface area contributed by atoms with Gasteiger partial charge in [-0.25, -0.2) is 0 Å². The first-order valence-electron chi connectivity index (χ1n) is 5.86. The highest BCUT2D eigenvalue weighted by Crippen LogP contribution is 2.24. The van der Waals surface area contributed by atoms with Crippen molar-refractivity contribution in [1.82, 2.24) is 10.2 Å². The van der Waals surface area contributed by atoms with E-state index < -0.39 is 0 Å². The van der Waals surface area contributed by atoms with Crippen molar-refractivity contribution in [2.75, 3.05) is 20.2 Å². The van der Waals surface area contributed by atoms with Crippen molar-refractivity contribution in [2.24, 2.45) is 0 Å². The number of likely N-dealkylation sites (N-methyl/N-ethyl adjacent to an activating group) is 1. The van der Waals surface area contributed by atoms with Gasteiger partial charge in [0.2, 0.25) is 0 Å². The smallest absolute Gasteiger partial charge is 0.0597 e. The summed E-state index contributed by atoms with van der Waals surface area (Å²) >= 11 is 0. The summed E-state index contributed by atoms with van der Waals surface area (Å²) in [5.41, 5.74) is 0. The molecular formula is C11H22N2O. The van der Waals surface area contributed by atoms with E-state index in [1.165, 1.54) is 32.1 Å². The van der Waals surface area contributed by atoms with Crippen LogP contribution in [0.3, 0.4) is 0 Å². The zero-order chi connectivity index (χ0) is 9.97. The Bertz CT molecular complexity index is 178. The lowest BCUT2D eigenvalue weighted by molar-refractivity contribution is 0.124. The molecule has 0 amide bonds. The van der Waals surface area contributed by atoms with Gasteiger partial charge in [0.05, 0.1) is 6.61 Å². The maximum atomic E-state index is 9.23. The molecule has 0 spiro atoms. The van der Waals surface area contributed by atoms with Gasteiger partial charge in [0.15, 0.2) is 0 Å². The zero-order valence-corrected chi connectivity index (χ0v) is 9.08. The number of aliphatic hydroxyl groups is 1. The number of rotatable bonds is 6. The molecular weight excluding hydrogens is 176 g/mol. The Kier molecular flexibility index (Phi) is 3.42. The van der Waals surface area contributed by atoms with E-state index in [1.807, 2.05) is 0 Å². The summed E-state index contributed by atoms with van der Waals surface area (Å²) < 4.78 is 0.